The third-order valence-electron chi connectivity index (χ3n) is 1.11. The van der Waals surface area contributed by atoms with E-state index in [1.54, 1.807) is 11.9 Å². The summed E-state index contributed by atoms with van der Waals surface area (Å²) in [7, 11) is 7.77. The molecule has 0 heterocycles. The van der Waals surface area contributed by atoms with E-state index >= 15 is 0 Å². The molecule has 0 N–H and O–H groups in total. The van der Waals surface area contributed by atoms with Gasteiger partial charge in [-0.1, -0.05) is 13.5 Å². The van der Waals surface area contributed by atoms with Gasteiger partial charge in [0.05, 0.1) is 0 Å². The topological polar surface area (TPSA) is 23.6 Å². The summed E-state index contributed by atoms with van der Waals surface area (Å²) in [5, 5.41) is 0. The highest BCUT2D eigenvalue weighted by molar-refractivity contribution is 5.86. The Hall–Kier alpha value is -0.830. The molecule has 78 valence electrons. The van der Waals surface area contributed by atoms with Gasteiger partial charge in [-0.3, -0.25) is 4.79 Å². The van der Waals surface area contributed by atoms with Crippen LogP contribution in [0, 0.1) is 0 Å². The summed E-state index contributed by atoms with van der Waals surface area (Å²) < 4.78 is 0. The second kappa shape index (κ2) is 9.26. The van der Waals surface area contributed by atoms with Crippen molar-refractivity contribution in [3.8, 4) is 0 Å². The normalized spacial score (nSPS) is 8.77. The Bertz CT molecular complexity index is 141. The van der Waals surface area contributed by atoms with Crippen LogP contribution in [0.15, 0.2) is 12.7 Å². The van der Waals surface area contributed by atoms with Gasteiger partial charge in [0.2, 0.25) is 5.91 Å². The zero-order chi connectivity index (χ0) is 10.9. The Labute approximate surface area is 82.0 Å². The first-order valence-electron chi connectivity index (χ1n) is 4.44. The first kappa shape index (κ1) is 14.7. The van der Waals surface area contributed by atoms with Crippen LogP contribution >= 0.6 is 0 Å². The van der Waals surface area contributed by atoms with Crippen LogP contribution in [0.1, 0.15) is 13.3 Å². The van der Waals surface area contributed by atoms with E-state index in [1.165, 1.54) is 6.08 Å². The fourth-order valence-corrected chi connectivity index (χ4v) is 0.601. The van der Waals surface area contributed by atoms with Gasteiger partial charge in [0.25, 0.3) is 0 Å². The van der Waals surface area contributed by atoms with Crippen molar-refractivity contribution in [3.63, 3.8) is 0 Å². The summed E-state index contributed by atoms with van der Waals surface area (Å²) in [5.41, 5.74) is 0. The van der Waals surface area contributed by atoms with Gasteiger partial charge >= 0.3 is 0 Å². The minimum absolute atomic E-state index is 0.00292. The summed E-state index contributed by atoms with van der Waals surface area (Å²) in [4.78, 5) is 14.4. The number of carbonyl (C=O) groups excluding carboxylic acids is 1. The van der Waals surface area contributed by atoms with E-state index in [1.807, 2.05) is 33.0 Å². The molecule has 0 atom stereocenters. The van der Waals surface area contributed by atoms with Crippen LogP contribution < -0.4 is 0 Å². The highest BCUT2D eigenvalue weighted by Gasteiger charge is 1.99. The average Bonchev–Trinajstić information content (AvgIpc) is 2.02. The van der Waals surface area contributed by atoms with E-state index in [9.17, 15) is 4.79 Å². The van der Waals surface area contributed by atoms with Gasteiger partial charge in [-0.25, -0.2) is 0 Å². The molecule has 3 nitrogen and oxygen atoms in total. The molecule has 0 aromatic carbocycles. The Morgan fingerprint density at radius 2 is 1.69 bits per heavy atom. The van der Waals surface area contributed by atoms with Gasteiger partial charge in [0.15, 0.2) is 0 Å². The minimum atomic E-state index is -0.00292. The van der Waals surface area contributed by atoms with Gasteiger partial charge < -0.3 is 9.80 Å². The first-order chi connectivity index (χ1) is 5.95. The molecule has 0 spiro atoms. The van der Waals surface area contributed by atoms with Gasteiger partial charge in [-0.15, -0.1) is 0 Å². The second-order valence-corrected chi connectivity index (χ2v) is 3.31. The van der Waals surface area contributed by atoms with Gasteiger partial charge in [0, 0.05) is 13.6 Å². The van der Waals surface area contributed by atoms with Crippen LogP contribution in [0.3, 0.4) is 0 Å². The fraction of sp³-hybridized carbons (Fsp3) is 0.700. The lowest BCUT2D eigenvalue weighted by Gasteiger charge is -2.12. The molecule has 13 heavy (non-hydrogen) atoms. The Morgan fingerprint density at radius 3 is 1.92 bits per heavy atom. The van der Waals surface area contributed by atoms with Crippen LogP contribution in [-0.4, -0.2) is 50.4 Å². The van der Waals surface area contributed by atoms with E-state index in [2.05, 4.69) is 6.58 Å². The molecule has 3 heteroatoms. The van der Waals surface area contributed by atoms with Crippen molar-refractivity contribution >= 4 is 5.91 Å². The van der Waals surface area contributed by atoms with Crippen molar-refractivity contribution in [1.29, 1.82) is 0 Å². The van der Waals surface area contributed by atoms with Crippen LogP contribution in [0.25, 0.3) is 0 Å². The molecule has 1 amide bonds. The van der Waals surface area contributed by atoms with Crippen LogP contribution in [-0.2, 0) is 4.79 Å². The summed E-state index contributed by atoms with van der Waals surface area (Å²) in [6.45, 7) is 6.22. The third-order valence-corrected chi connectivity index (χ3v) is 1.11. The molecular weight excluding hydrogens is 164 g/mol. The monoisotopic (exact) mass is 186 g/mol. The van der Waals surface area contributed by atoms with Crippen molar-refractivity contribution in [2.24, 2.45) is 0 Å². The summed E-state index contributed by atoms with van der Waals surface area (Å²) in [5.74, 6) is -0.00292. The maximum Gasteiger partial charge on any atom is 0.245 e. The summed E-state index contributed by atoms with van der Waals surface area (Å²) >= 11 is 0. The maximum absolute atomic E-state index is 10.7. The standard InChI is InChI=1S/C7H13NO.C3H9N/c1-4-6-8(3)7(9)5-2;1-4(2)3/h5H,2,4,6H2,1,3H3;1-3H3. The summed E-state index contributed by atoms with van der Waals surface area (Å²) in [6.07, 6.45) is 2.33. The van der Waals surface area contributed by atoms with E-state index < -0.39 is 0 Å². The molecule has 0 fully saturated rings. The number of rotatable bonds is 3. The number of nitrogens with zero attached hydrogens (tertiary/aromatic N) is 2. The molecule has 0 unspecified atom stereocenters. The molecule has 0 saturated heterocycles. The van der Waals surface area contributed by atoms with E-state index in [0.717, 1.165) is 13.0 Å². The van der Waals surface area contributed by atoms with Gasteiger partial charge in [-0.05, 0) is 33.6 Å². The van der Waals surface area contributed by atoms with Gasteiger partial charge in [-0.2, -0.15) is 0 Å². The molecule has 0 rings (SSSR count). The van der Waals surface area contributed by atoms with Crippen molar-refractivity contribution in [1.82, 2.24) is 9.80 Å². The van der Waals surface area contributed by atoms with Crippen molar-refractivity contribution in [2.75, 3.05) is 34.7 Å². The molecule has 0 aromatic heterocycles. The quantitative estimate of drug-likeness (QED) is 0.619. The average molecular weight is 186 g/mol. The molecule has 0 aliphatic carbocycles. The highest BCUT2D eigenvalue weighted by Crippen LogP contribution is 1.86. The second-order valence-electron chi connectivity index (χ2n) is 3.31. The molecular formula is C10H22N2O. The fourth-order valence-electron chi connectivity index (χ4n) is 0.601. The smallest absolute Gasteiger partial charge is 0.245 e. The third kappa shape index (κ3) is 14.1. The van der Waals surface area contributed by atoms with Crippen LogP contribution in [0.5, 0.6) is 0 Å². The van der Waals surface area contributed by atoms with Crippen LogP contribution in [0.4, 0.5) is 0 Å². The molecule has 0 radical (unpaired) electrons. The lowest BCUT2D eigenvalue weighted by atomic mass is 10.4. The number of hydrogen-bond acceptors (Lipinski definition) is 2. The van der Waals surface area contributed by atoms with E-state index in [-0.39, 0.29) is 5.91 Å². The molecule has 0 aliphatic heterocycles. The van der Waals surface area contributed by atoms with Gasteiger partial charge in [0.1, 0.15) is 0 Å². The van der Waals surface area contributed by atoms with Crippen molar-refractivity contribution in [3.05, 3.63) is 12.7 Å². The predicted molar refractivity (Wildman–Crippen MR) is 57.7 cm³/mol. The molecule has 0 aromatic rings. The SMILES string of the molecule is C=CC(=O)N(C)CCC.CN(C)C. The predicted octanol–water partition coefficient (Wildman–Crippen LogP) is 1.22. The molecule has 0 saturated carbocycles. The summed E-state index contributed by atoms with van der Waals surface area (Å²) in [6, 6.07) is 0. The Kier molecular flexibility index (Phi) is 10.5. The van der Waals surface area contributed by atoms with E-state index in [0.29, 0.717) is 0 Å². The van der Waals surface area contributed by atoms with E-state index in [4.69, 9.17) is 0 Å². The minimum Gasteiger partial charge on any atom is -0.342 e. The first-order valence-corrected chi connectivity index (χ1v) is 4.44. The number of hydrogen-bond donors (Lipinski definition) is 0. The highest BCUT2D eigenvalue weighted by atomic mass is 16.2. The lowest BCUT2D eigenvalue weighted by Crippen LogP contribution is -2.24. The Morgan fingerprint density at radius 1 is 1.31 bits per heavy atom. The van der Waals surface area contributed by atoms with Crippen molar-refractivity contribution < 1.29 is 4.79 Å². The zero-order valence-electron chi connectivity index (χ0n) is 9.50. The molecule has 0 bridgehead atoms. The lowest BCUT2D eigenvalue weighted by molar-refractivity contribution is -0.124. The van der Waals surface area contributed by atoms with Crippen molar-refractivity contribution in [2.45, 2.75) is 13.3 Å². The zero-order valence-corrected chi connectivity index (χ0v) is 9.50. The number of amides is 1. The maximum atomic E-state index is 10.7. The van der Waals surface area contributed by atoms with Crippen LogP contribution in [0.2, 0.25) is 0 Å². The number of carbonyl (C=O) groups is 1. The Balaban J connectivity index is 0. The molecule has 0 aliphatic rings. The largest absolute Gasteiger partial charge is 0.342 e. The number of likely N-dealkylation sites (N-methyl/N-ethyl adjacent to an activating group) is 1.